The van der Waals surface area contributed by atoms with E-state index >= 15 is 0 Å². The van der Waals surface area contributed by atoms with Gasteiger partial charge in [-0.1, -0.05) is 31.2 Å². The lowest BCUT2D eigenvalue weighted by Gasteiger charge is -2.07. The molecule has 2 aromatic carbocycles. The van der Waals surface area contributed by atoms with Gasteiger partial charge in [0.05, 0.1) is 17.0 Å². The van der Waals surface area contributed by atoms with Crippen LogP contribution < -0.4 is 4.74 Å². The molecule has 0 radical (unpaired) electrons. The summed E-state index contributed by atoms with van der Waals surface area (Å²) in [5.74, 6) is 0.0683. The highest BCUT2D eigenvalue weighted by Crippen LogP contribution is 2.22. The van der Waals surface area contributed by atoms with Crippen LogP contribution in [0.5, 0.6) is 5.75 Å². The third kappa shape index (κ3) is 4.09. The van der Waals surface area contributed by atoms with Crippen LogP contribution in [0.1, 0.15) is 39.8 Å². The number of aromatic nitrogens is 2. The molecule has 0 saturated carbocycles. The number of carbonyl (C=O) groups excluding carboxylic acids is 1. The summed E-state index contributed by atoms with van der Waals surface area (Å²) in [4.78, 5) is 23.0. The standard InChI is InChI=1S/C21H21N3O4/c1-4-16-7-11-19(12-8-16)28-21(25)18-9-5-17(6-10-18)13-23-15(3)20(24(26)27)14(2)22-23/h5-12H,4,13H2,1-3H3. The first-order chi connectivity index (χ1) is 13.4. The fourth-order valence-corrected chi connectivity index (χ4v) is 2.98. The van der Waals surface area contributed by atoms with E-state index in [0.29, 0.717) is 29.2 Å². The molecule has 0 spiro atoms. The SMILES string of the molecule is CCc1ccc(OC(=O)c2ccc(Cn3nc(C)c([N+](=O)[O-])c3C)cc2)cc1. The lowest BCUT2D eigenvalue weighted by molar-refractivity contribution is -0.386. The third-order valence-corrected chi connectivity index (χ3v) is 4.59. The zero-order valence-corrected chi connectivity index (χ0v) is 16.0. The Morgan fingerprint density at radius 2 is 1.68 bits per heavy atom. The lowest BCUT2D eigenvalue weighted by Crippen LogP contribution is -2.09. The number of rotatable bonds is 6. The van der Waals surface area contributed by atoms with Crippen molar-refractivity contribution in [3.63, 3.8) is 0 Å². The number of hydrogen-bond donors (Lipinski definition) is 0. The smallest absolute Gasteiger partial charge is 0.343 e. The number of carbonyl (C=O) groups is 1. The van der Waals surface area contributed by atoms with E-state index in [-0.39, 0.29) is 5.69 Å². The minimum Gasteiger partial charge on any atom is -0.423 e. The van der Waals surface area contributed by atoms with Crippen molar-refractivity contribution >= 4 is 11.7 Å². The van der Waals surface area contributed by atoms with Crippen molar-refractivity contribution in [2.24, 2.45) is 0 Å². The minimum absolute atomic E-state index is 0.0364. The number of benzene rings is 2. The summed E-state index contributed by atoms with van der Waals surface area (Å²) in [7, 11) is 0. The molecule has 28 heavy (non-hydrogen) atoms. The summed E-state index contributed by atoms with van der Waals surface area (Å²) < 4.78 is 6.98. The molecule has 1 heterocycles. The summed E-state index contributed by atoms with van der Waals surface area (Å²) in [6.07, 6.45) is 0.925. The first-order valence-electron chi connectivity index (χ1n) is 8.97. The van der Waals surface area contributed by atoms with Gasteiger partial charge in [-0.15, -0.1) is 0 Å². The number of nitrogens with zero attached hydrogens (tertiary/aromatic N) is 3. The van der Waals surface area contributed by atoms with Gasteiger partial charge in [0.2, 0.25) is 0 Å². The van der Waals surface area contributed by atoms with E-state index in [1.807, 2.05) is 12.1 Å². The Bertz CT molecular complexity index is 1010. The van der Waals surface area contributed by atoms with Crippen LogP contribution in [-0.2, 0) is 13.0 Å². The zero-order valence-electron chi connectivity index (χ0n) is 16.0. The Morgan fingerprint density at radius 1 is 1.07 bits per heavy atom. The molecule has 0 aliphatic rings. The molecule has 0 bridgehead atoms. The molecular formula is C21H21N3O4. The quantitative estimate of drug-likeness (QED) is 0.277. The van der Waals surface area contributed by atoms with E-state index in [2.05, 4.69) is 12.0 Å². The molecule has 3 aromatic rings. The fourth-order valence-electron chi connectivity index (χ4n) is 2.98. The van der Waals surface area contributed by atoms with Crippen LogP contribution in [0.4, 0.5) is 5.69 Å². The van der Waals surface area contributed by atoms with Gasteiger partial charge in [-0.05, 0) is 55.7 Å². The van der Waals surface area contributed by atoms with E-state index in [1.165, 1.54) is 5.56 Å². The normalized spacial score (nSPS) is 10.7. The van der Waals surface area contributed by atoms with Crippen LogP contribution >= 0.6 is 0 Å². The van der Waals surface area contributed by atoms with Gasteiger partial charge in [0, 0.05) is 0 Å². The molecule has 3 rings (SSSR count). The molecule has 7 nitrogen and oxygen atoms in total. The molecule has 0 saturated heterocycles. The van der Waals surface area contributed by atoms with Crippen LogP contribution in [0.25, 0.3) is 0 Å². The van der Waals surface area contributed by atoms with Crippen molar-refractivity contribution in [3.8, 4) is 5.75 Å². The van der Waals surface area contributed by atoms with Gasteiger partial charge < -0.3 is 4.74 Å². The van der Waals surface area contributed by atoms with Gasteiger partial charge in [0.1, 0.15) is 17.1 Å². The van der Waals surface area contributed by atoms with Crippen LogP contribution in [0, 0.1) is 24.0 Å². The molecule has 0 fully saturated rings. The molecular weight excluding hydrogens is 358 g/mol. The van der Waals surface area contributed by atoms with Crippen LogP contribution in [0.3, 0.4) is 0 Å². The van der Waals surface area contributed by atoms with Crippen molar-refractivity contribution in [2.45, 2.75) is 33.7 Å². The molecule has 7 heteroatoms. The first-order valence-corrected chi connectivity index (χ1v) is 8.97. The number of nitro groups is 1. The molecule has 0 aliphatic heterocycles. The maximum Gasteiger partial charge on any atom is 0.343 e. The fraction of sp³-hybridized carbons (Fsp3) is 0.238. The Hall–Kier alpha value is -3.48. The second kappa shape index (κ2) is 8.04. The van der Waals surface area contributed by atoms with Gasteiger partial charge in [0.25, 0.3) is 0 Å². The molecule has 144 valence electrons. The molecule has 0 atom stereocenters. The van der Waals surface area contributed by atoms with E-state index < -0.39 is 10.9 Å². The van der Waals surface area contributed by atoms with Crippen molar-refractivity contribution < 1.29 is 14.5 Å². The largest absolute Gasteiger partial charge is 0.423 e. The average molecular weight is 379 g/mol. The van der Waals surface area contributed by atoms with Gasteiger partial charge >= 0.3 is 11.7 Å². The van der Waals surface area contributed by atoms with Crippen LogP contribution in [0.15, 0.2) is 48.5 Å². The monoisotopic (exact) mass is 379 g/mol. The Morgan fingerprint density at radius 3 is 2.21 bits per heavy atom. The van der Waals surface area contributed by atoms with E-state index in [4.69, 9.17) is 4.74 Å². The van der Waals surface area contributed by atoms with Gasteiger partial charge in [0.15, 0.2) is 0 Å². The second-order valence-electron chi connectivity index (χ2n) is 6.52. The Kier molecular flexibility index (Phi) is 5.54. The van der Waals surface area contributed by atoms with E-state index in [9.17, 15) is 14.9 Å². The van der Waals surface area contributed by atoms with E-state index in [0.717, 1.165) is 12.0 Å². The molecule has 0 N–H and O–H groups in total. The summed E-state index contributed by atoms with van der Waals surface area (Å²) in [5, 5.41) is 15.4. The predicted octanol–water partition coefficient (Wildman–Crippen LogP) is 4.24. The molecule has 1 aromatic heterocycles. The summed E-state index contributed by atoms with van der Waals surface area (Å²) in [5.41, 5.74) is 3.41. The highest BCUT2D eigenvalue weighted by molar-refractivity contribution is 5.91. The number of hydrogen-bond acceptors (Lipinski definition) is 5. The molecule has 0 aliphatic carbocycles. The van der Waals surface area contributed by atoms with Crippen molar-refractivity contribution in [1.29, 1.82) is 0 Å². The van der Waals surface area contributed by atoms with Crippen molar-refractivity contribution in [1.82, 2.24) is 9.78 Å². The number of ether oxygens (including phenoxy) is 1. The maximum atomic E-state index is 12.3. The minimum atomic E-state index is -0.433. The van der Waals surface area contributed by atoms with Crippen molar-refractivity contribution in [2.75, 3.05) is 0 Å². The second-order valence-corrected chi connectivity index (χ2v) is 6.52. The zero-order chi connectivity index (χ0) is 20.3. The lowest BCUT2D eigenvalue weighted by atomic mass is 10.1. The number of aryl methyl sites for hydroxylation is 2. The van der Waals surface area contributed by atoms with Crippen LogP contribution in [0.2, 0.25) is 0 Å². The number of esters is 1. The molecule has 0 unspecified atom stereocenters. The van der Waals surface area contributed by atoms with Crippen molar-refractivity contribution in [3.05, 3.63) is 86.7 Å². The van der Waals surface area contributed by atoms with Gasteiger partial charge in [-0.2, -0.15) is 5.10 Å². The van der Waals surface area contributed by atoms with E-state index in [1.54, 1.807) is 54.9 Å². The molecule has 0 amide bonds. The summed E-state index contributed by atoms with van der Waals surface area (Å²) in [6.45, 7) is 5.74. The predicted molar refractivity (Wildman–Crippen MR) is 105 cm³/mol. The first kappa shape index (κ1) is 19.3. The highest BCUT2D eigenvalue weighted by Gasteiger charge is 2.21. The average Bonchev–Trinajstić information content (AvgIpc) is 2.96. The Balaban J connectivity index is 1.70. The van der Waals surface area contributed by atoms with Gasteiger partial charge in [-0.25, -0.2) is 4.79 Å². The third-order valence-electron chi connectivity index (χ3n) is 4.59. The summed E-state index contributed by atoms with van der Waals surface area (Å²) in [6, 6.07) is 14.4. The topological polar surface area (TPSA) is 87.3 Å². The maximum absolute atomic E-state index is 12.3. The summed E-state index contributed by atoms with van der Waals surface area (Å²) >= 11 is 0. The van der Waals surface area contributed by atoms with Crippen LogP contribution in [-0.4, -0.2) is 20.7 Å². The Labute approximate surface area is 162 Å². The van der Waals surface area contributed by atoms with Gasteiger partial charge in [-0.3, -0.25) is 14.8 Å². The highest BCUT2D eigenvalue weighted by atomic mass is 16.6.